The Morgan fingerprint density at radius 2 is 1.44 bits per heavy atom. The standard InChI is InChI=1S/C23H27N3O/c1-16(2)14-17-6-10-19(11-7-17)22-25-26-23(27-22)20-12-8-18(9-13-20)15-24-21-4-3-5-21/h6-13,16,21,24H,3-5,14-15H2,1-2H3. The average molecular weight is 361 g/mol. The topological polar surface area (TPSA) is 51.0 Å². The molecule has 1 fully saturated rings. The van der Waals surface area contributed by atoms with Crippen LogP contribution in [0, 0.1) is 5.92 Å². The molecule has 1 N–H and O–H groups in total. The lowest BCUT2D eigenvalue weighted by molar-refractivity contribution is 0.338. The van der Waals surface area contributed by atoms with Gasteiger partial charge in [-0.25, -0.2) is 0 Å². The summed E-state index contributed by atoms with van der Waals surface area (Å²) in [5.41, 5.74) is 4.53. The SMILES string of the molecule is CC(C)Cc1ccc(-c2nnc(-c3ccc(CNC4CCC4)cc3)o2)cc1. The van der Waals surface area contributed by atoms with E-state index in [0.29, 0.717) is 23.7 Å². The Hall–Kier alpha value is -2.46. The summed E-state index contributed by atoms with van der Waals surface area (Å²) in [4.78, 5) is 0. The van der Waals surface area contributed by atoms with Gasteiger partial charge in [0.2, 0.25) is 11.8 Å². The van der Waals surface area contributed by atoms with Crippen molar-refractivity contribution in [2.24, 2.45) is 5.92 Å². The second-order valence-corrected chi connectivity index (χ2v) is 7.91. The molecule has 1 aliphatic carbocycles. The number of rotatable bonds is 7. The zero-order valence-corrected chi connectivity index (χ0v) is 16.1. The lowest BCUT2D eigenvalue weighted by Crippen LogP contribution is -2.34. The van der Waals surface area contributed by atoms with Gasteiger partial charge in [-0.1, -0.05) is 44.5 Å². The molecule has 0 saturated heterocycles. The molecule has 0 atom stereocenters. The third-order valence-corrected chi connectivity index (χ3v) is 5.17. The first kappa shape index (κ1) is 17.9. The predicted molar refractivity (Wildman–Crippen MR) is 108 cm³/mol. The summed E-state index contributed by atoms with van der Waals surface area (Å²) >= 11 is 0. The van der Waals surface area contributed by atoms with Gasteiger partial charge in [0.1, 0.15) is 0 Å². The van der Waals surface area contributed by atoms with Crippen molar-refractivity contribution < 1.29 is 4.42 Å². The summed E-state index contributed by atoms with van der Waals surface area (Å²) < 4.78 is 5.90. The van der Waals surface area contributed by atoms with E-state index in [-0.39, 0.29) is 0 Å². The molecule has 2 aromatic carbocycles. The van der Waals surface area contributed by atoms with Crippen molar-refractivity contribution in [1.82, 2.24) is 15.5 Å². The average Bonchev–Trinajstić information content (AvgIpc) is 3.11. The van der Waals surface area contributed by atoms with Crippen molar-refractivity contribution in [3.05, 3.63) is 59.7 Å². The van der Waals surface area contributed by atoms with E-state index in [4.69, 9.17) is 4.42 Å². The Kier molecular flexibility index (Phi) is 5.35. The summed E-state index contributed by atoms with van der Waals surface area (Å²) in [5, 5.41) is 12.0. The van der Waals surface area contributed by atoms with Crippen LogP contribution in [-0.4, -0.2) is 16.2 Å². The van der Waals surface area contributed by atoms with Crippen molar-refractivity contribution in [3.8, 4) is 22.9 Å². The van der Waals surface area contributed by atoms with Gasteiger partial charge >= 0.3 is 0 Å². The van der Waals surface area contributed by atoms with Crippen LogP contribution in [0.4, 0.5) is 0 Å². The van der Waals surface area contributed by atoms with E-state index in [1.807, 2.05) is 0 Å². The summed E-state index contributed by atoms with van der Waals surface area (Å²) in [6, 6.07) is 17.5. The maximum Gasteiger partial charge on any atom is 0.248 e. The number of benzene rings is 2. The highest BCUT2D eigenvalue weighted by atomic mass is 16.4. The maximum absolute atomic E-state index is 5.90. The first-order valence-corrected chi connectivity index (χ1v) is 9.93. The summed E-state index contributed by atoms with van der Waals surface area (Å²) in [5.74, 6) is 1.78. The van der Waals surface area contributed by atoms with Crippen LogP contribution >= 0.6 is 0 Å². The lowest BCUT2D eigenvalue weighted by atomic mass is 9.93. The zero-order valence-electron chi connectivity index (χ0n) is 16.1. The Balaban J connectivity index is 1.42. The molecule has 140 valence electrons. The normalized spacial score (nSPS) is 14.5. The van der Waals surface area contributed by atoms with Crippen molar-refractivity contribution in [3.63, 3.8) is 0 Å². The zero-order chi connectivity index (χ0) is 18.6. The van der Waals surface area contributed by atoms with E-state index in [1.54, 1.807) is 0 Å². The van der Waals surface area contributed by atoms with E-state index in [1.165, 1.54) is 30.4 Å². The Labute approximate surface area is 161 Å². The van der Waals surface area contributed by atoms with Gasteiger partial charge in [0.15, 0.2) is 0 Å². The molecule has 0 unspecified atom stereocenters. The van der Waals surface area contributed by atoms with Crippen LogP contribution in [0.25, 0.3) is 22.9 Å². The minimum atomic E-state index is 0.565. The minimum absolute atomic E-state index is 0.565. The number of aromatic nitrogens is 2. The molecule has 1 saturated carbocycles. The van der Waals surface area contributed by atoms with E-state index >= 15 is 0 Å². The van der Waals surface area contributed by atoms with Gasteiger partial charge in [0, 0.05) is 23.7 Å². The van der Waals surface area contributed by atoms with Crippen LogP contribution in [0.1, 0.15) is 44.2 Å². The quantitative estimate of drug-likeness (QED) is 0.625. The molecule has 4 rings (SSSR count). The fraction of sp³-hybridized carbons (Fsp3) is 0.391. The highest BCUT2D eigenvalue weighted by Gasteiger charge is 2.16. The molecule has 4 heteroatoms. The van der Waals surface area contributed by atoms with Crippen LogP contribution in [0.5, 0.6) is 0 Å². The van der Waals surface area contributed by atoms with Crippen LogP contribution in [0.2, 0.25) is 0 Å². The second-order valence-electron chi connectivity index (χ2n) is 7.91. The minimum Gasteiger partial charge on any atom is -0.416 e. The molecule has 0 radical (unpaired) electrons. The fourth-order valence-electron chi connectivity index (χ4n) is 3.35. The van der Waals surface area contributed by atoms with Crippen molar-refractivity contribution in [1.29, 1.82) is 0 Å². The molecule has 0 aliphatic heterocycles. The first-order valence-electron chi connectivity index (χ1n) is 9.93. The van der Waals surface area contributed by atoms with Crippen molar-refractivity contribution in [2.75, 3.05) is 0 Å². The smallest absolute Gasteiger partial charge is 0.248 e. The molecular formula is C23H27N3O. The number of nitrogens with zero attached hydrogens (tertiary/aromatic N) is 2. The largest absolute Gasteiger partial charge is 0.416 e. The van der Waals surface area contributed by atoms with Crippen LogP contribution in [-0.2, 0) is 13.0 Å². The van der Waals surface area contributed by atoms with Gasteiger partial charge in [-0.2, -0.15) is 0 Å². The molecule has 27 heavy (non-hydrogen) atoms. The monoisotopic (exact) mass is 361 g/mol. The molecule has 4 nitrogen and oxygen atoms in total. The number of hydrogen-bond acceptors (Lipinski definition) is 4. The summed E-state index contributed by atoms with van der Waals surface area (Å²) in [6.07, 6.45) is 5.05. The van der Waals surface area contributed by atoms with Gasteiger partial charge in [-0.05, 0) is 60.6 Å². The Bertz CT molecular complexity index is 861. The molecule has 0 spiro atoms. The van der Waals surface area contributed by atoms with Gasteiger partial charge in [-0.15, -0.1) is 10.2 Å². The van der Waals surface area contributed by atoms with Crippen LogP contribution in [0.15, 0.2) is 52.9 Å². The van der Waals surface area contributed by atoms with E-state index in [0.717, 1.165) is 24.1 Å². The first-order chi connectivity index (χ1) is 13.2. The molecule has 1 heterocycles. The molecule has 3 aromatic rings. The molecule has 0 bridgehead atoms. The molecule has 1 aromatic heterocycles. The lowest BCUT2D eigenvalue weighted by Gasteiger charge is -2.26. The van der Waals surface area contributed by atoms with Crippen molar-refractivity contribution >= 4 is 0 Å². The van der Waals surface area contributed by atoms with E-state index in [9.17, 15) is 0 Å². The predicted octanol–water partition coefficient (Wildman–Crippen LogP) is 5.24. The van der Waals surface area contributed by atoms with Gasteiger partial charge in [-0.3, -0.25) is 0 Å². The number of hydrogen-bond donors (Lipinski definition) is 1. The third-order valence-electron chi connectivity index (χ3n) is 5.17. The maximum atomic E-state index is 5.90. The summed E-state index contributed by atoms with van der Waals surface area (Å²) in [7, 11) is 0. The summed E-state index contributed by atoms with van der Waals surface area (Å²) in [6.45, 7) is 5.38. The van der Waals surface area contributed by atoms with Crippen LogP contribution < -0.4 is 5.32 Å². The Morgan fingerprint density at radius 1 is 0.889 bits per heavy atom. The van der Waals surface area contributed by atoms with Gasteiger partial charge in [0.25, 0.3) is 0 Å². The fourth-order valence-corrected chi connectivity index (χ4v) is 3.35. The third kappa shape index (κ3) is 4.45. The Morgan fingerprint density at radius 3 is 1.93 bits per heavy atom. The highest BCUT2D eigenvalue weighted by molar-refractivity contribution is 5.58. The van der Waals surface area contributed by atoms with Gasteiger partial charge in [0.05, 0.1) is 0 Å². The highest BCUT2D eigenvalue weighted by Crippen LogP contribution is 2.25. The second kappa shape index (κ2) is 8.05. The van der Waals surface area contributed by atoms with E-state index < -0.39 is 0 Å². The van der Waals surface area contributed by atoms with E-state index in [2.05, 4.69) is 77.9 Å². The molecule has 0 amide bonds. The van der Waals surface area contributed by atoms with Gasteiger partial charge < -0.3 is 9.73 Å². The molecule has 1 aliphatic rings. The number of nitrogens with one attached hydrogen (secondary N) is 1. The molecular weight excluding hydrogens is 334 g/mol. The van der Waals surface area contributed by atoms with Crippen molar-refractivity contribution in [2.45, 2.75) is 52.1 Å². The van der Waals surface area contributed by atoms with Crippen LogP contribution in [0.3, 0.4) is 0 Å².